The molecule has 21 heavy (non-hydrogen) atoms. The Hall–Kier alpha value is -1.55. The highest BCUT2D eigenvalue weighted by Crippen LogP contribution is 2.19. The molecule has 4 heteroatoms. The van der Waals surface area contributed by atoms with Crippen molar-refractivity contribution in [2.75, 3.05) is 13.2 Å². The van der Waals surface area contributed by atoms with E-state index in [0.717, 1.165) is 24.2 Å². The zero-order valence-electron chi connectivity index (χ0n) is 13.6. The quantitative estimate of drug-likeness (QED) is 0.591. The first kappa shape index (κ1) is 17.5. The molecule has 0 fully saturated rings. The molecule has 4 nitrogen and oxygen atoms in total. The third kappa shape index (κ3) is 5.76. The van der Waals surface area contributed by atoms with Gasteiger partial charge in [0.15, 0.2) is 0 Å². The molecule has 0 saturated heterocycles. The second-order valence-corrected chi connectivity index (χ2v) is 5.71. The first-order valence-corrected chi connectivity index (χ1v) is 7.53. The predicted molar refractivity (Wildman–Crippen MR) is 84.5 cm³/mol. The number of aryl methyl sites for hydroxylation is 2. The van der Waals surface area contributed by atoms with Gasteiger partial charge in [-0.25, -0.2) is 0 Å². The van der Waals surface area contributed by atoms with Crippen LogP contribution in [-0.2, 0) is 9.53 Å². The van der Waals surface area contributed by atoms with Crippen LogP contribution in [0.1, 0.15) is 44.2 Å². The van der Waals surface area contributed by atoms with Crippen LogP contribution in [-0.4, -0.2) is 24.7 Å². The van der Waals surface area contributed by atoms with Gasteiger partial charge in [-0.3, -0.25) is 4.79 Å². The molecule has 1 rings (SSSR count). The first-order chi connectivity index (χ1) is 9.86. The number of ether oxygens (including phenoxy) is 2. The van der Waals surface area contributed by atoms with Crippen LogP contribution < -0.4 is 10.5 Å². The molecule has 0 heterocycles. The van der Waals surface area contributed by atoms with Crippen molar-refractivity contribution in [1.82, 2.24) is 0 Å². The summed E-state index contributed by atoms with van der Waals surface area (Å²) in [6, 6.07) is 6.14. The van der Waals surface area contributed by atoms with Crippen LogP contribution in [0.5, 0.6) is 5.75 Å². The van der Waals surface area contributed by atoms with Crippen molar-refractivity contribution in [2.24, 2.45) is 5.73 Å². The number of carbonyl (C=O) groups is 1. The Kier molecular flexibility index (Phi) is 6.69. The molecule has 0 aliphatic rings. The van der Waals surface area contributed by atoms with Gasteiger partial charge >= 0.3 is 5.97 Å². The lowest BCUT2D eigenvalue weighted by Crippen LogP contribution is -2.46. The van der Waals surface area contributed by atoms with Gasteiger partial charge in [-0.05, 0) is 58.6 Å². The van der Waals surface area contributed by atoms with Gasteiger partial charge in [-0.1, -0.05) is 17.7 Å². The molecule has 1 unspecified atom stereocenters. The minimum Gasteiger partial charge on any atom is -0.493 e. The molecule has 118 valence electrons. The van der Waals surface area contributed by atoms with Crippen LogP contribution in [0.4, 0.5) is 0 Å². The molecule has 0 spiro atoms. The maximum atomic E-state index is 11.6. The number of benzene rings is 1. The summed E-state index contributed by atoms with van der Waals surface area (Å²) in [6.45, 7) is 8.60. The Balaban J connectivity index is 2.30. The lowest BCUT2D eigenvalue weighted by Gasteiger charge is -2.22. The van der Waals surface area contributed by atoms with E-state index in [2.05, 4.69) is 13.0 Å². The van der Waals surface area contributed by atoms with E-state index in [1.165, 1.54) is 5.56 Å². The minimum absolute atomic E-state index is 0.333. The fourth-order valence-electron chi connectivity index (χ4n) is 2.14. The molecule has 0 radical (unpaired) electrons. The molecule has 2 N–H and O–H groups in total. The van der Waals surface area contributed by atoms with E-state index in [1.807, 2.05) is 19.1 Å². The molecule has 0 aliphatic carbocycles. The Labute approximate surface area is 127 Å². The van der Waals surface area contributed by atoms with Gasteiger partial charge in [0, 0.05) is 0 Å². The summed E-state index contributed by atoms with van der Waals surface area (Å²) in [6.07, 6.45) is 2.29. The van der Waals surface area contributed by atoms with Crippen LogP contribution in [0.15, 0.2) is 18.2 Å². The first-order valence-electron chi connectivity index (χ1n) is 7.53. The van der Waals surface area contributed by atoms with Crippen molar-refractivity contribution < 1.29 is 14.3 Å². The fourth-order valence-corrected chi connectivity index (χ4v) is 2.14. The highest BCUT2D eigenvalue weighted by Gasteiger charge is 2.28. The number of hydrogen-bond acceptors (Lipinski definition) is 4. The van der Waals surface area contributed by atoms with E-state index >= 15 is 0 Å². The van der Waals surface area contributed by atoms with Crippen molar-refractivity contribution in [3.8, 4) is 5.75 Å². The van der Waals surface area contributed by atoms with Gasteiger partial charge in [0.05, 0.1) is 13.2 Å². The highest BCUT2D eigenvalue weighted by molar-refractivity contribution is 5.79. The number of esters is 1. The average molecular weight is 293 g/mol. The van der Waals surface area contributed by atoms with E-state index in [4.69, 9.17) is 15.2 Å². The zero-order valence-corrected chi connectivity index (χ0v) is 13.6. The van der Waals surface area contributed by atoms with Crippen molar-refractivity contribution >= 4 is 5.97 Å². The van der Waals surface area contributed by atoms with Gasteiger partial charge in [0.1, 0.15) is 11.3 Å². The zero-order chi connectivity index (χ0) is 15.9. The molecule has 0 bridgehead atoms. The summed E-state index contributed by atoms with van der Waals surface area (Å²) in [5.41, 5.74) is 7.43. The molecule has 1 atom stereocenters. The smallest absolute Gasteiger partial charge is 0.325 e. The number of unbranched alkanes of at least 4 members (excludes halogenated alkanes) is 1. The number of carbonyl (C=O) groups excluding carboxylic acids is 1. The van der Waals surface area contributed by atoms with E-state index in [1.54, 1.807) is 13.8 Å². The molecular formula is C17H27NO3. The monoisotopic (exact) mass is 293 g/mol. The molecule has 1 aromatic carbocycles. The fraction of sp³-hybridized carbons (Fsp3) is 0.588. The van der Waals surface area contributed by atoms with Crippen molar-refractivity contribution in [3.63, 3.8) is 0 Å². The number of rotatable bonds is 8. The Bertz CT molecular complexity index is 469. The summed E-state index contributed by atoms with van der Waals surface area (Å²) in [5.74, 6) is 0.585. The molecule has 0 saturated carbocycles. The average Bonchev–Trinajstić information content (AvgIpc) is 2.40. The molecule has 0 aliphatic heterocycles. The lowest BCUT2D eigenvalue weighted by atomic mass is 9.96. The molecule has 1 aromatic rings. The van der Waals surface area contributed by atoms with Crippen LogP contribution >= 0.6 is 0 Å². The predicted octanol–water partition coefficient (Wildman–Crippen LogP) is 3.13. The van der Waals surface area contributed by atoms with E-state index in [0.29, 0.717) is 19.6 Å². The second kappa shape index (κ2) is 8.03. The number of nitrogens with two attached hydrogens (primary N) is 1. The third-order valence-corrected chi connectivity index (χ3v) is 3.42. The second-order valence-electron chi connectivity index (χ2n) is 5.71. The largest absolute Gasteiger partial charge is 0.493 e. The minimum atomic E-state index is -0.907. The normalized spacial score (nSPS) is 13.6. The lowest BCUT2D eigenvalue weighted by molar-refractivity contribution is -0.149. The van der Waals surface area contributed by atoms with Crippen molar-refractivity contribution in [1.29, 1.82) is 0 Å². The van der Waals surface area contributed by atoms with Crippen LogP contribution in [0.3, 0.4) is 0 Å². The summed E-state index contributed by atoms with van der Waals surface area (Å²) in [4.78, 5) is 11.6. The van der Waals surface area contributed by atoms with Crippen LogP contribution in [0.25, 0.3) is 0 Å². The third-order valence-electron chi connectivity index (χ3n) is 3.42. The number of hydrogen-bond donors (Lipinski definition) is 1. The van der Waals surface area contributed by atoms with Gasteiger partial charge in [-0.2, -0.15) is 0 Å². The molecule has 0 amide bonds. The summed E-state index contributed by atoms with van der Waals surface area (Å²) in [7, 11) is 0. The molecular weight excluding hydrogens is 266 g/mol. The summed E-state index contributed by atoms with van der Waals surface area (Å²) < 4.78 is 10.7. The van der Waals surface area contributed by atoms with Crippen molar-refractivity contribution in [3.05, 3.63) is 29.3 Å². The maximum Gasteiger partial charge on any atom is 0.325 e. The molecule has 0 aromatic heterocycles. The Morgan fingerprint density at radius 1 is 1.29 bits per heavy atom. The van der Waals surface area contributed by atoms with Gasteiger partial charge < -0.3 is 15.2 Å². The van der Waals surface area contributed by atoms with E-state index < -0.39 is 5.54 Å². The van der Waals surface area contributed by atoms with Crippen molar-refractivity contribution in [2.45, 2.75) is 52.5 Å². The topological polar surface area (TPSA) is 61.5 Å². The van der Waals surface area contributed by atoms with E-state index in [-0.39, 0.29) is 5.97 Å². The van der Waals surface area contributed by atoms with Gasteiger partial charge in [0.25, 0.3) is 0 Å². The Morgan fingerprint density at radius 3 is 2.62 bits per heavy atom. The van der Waals surface area contributed by atoms with Gasteiger partial charge in [-0.15, -0.1) is 0 Å². The highest BCUT2D eigenvalue weighted by atomic mass is 16.5. The van der Waals surface area contributed by atoms with Gasteiger partial charge in [0.2, 0.25) is 0 Å². The Morgan fingerprint density at radius 2 is 2.00 bits per heavy atom. The summed E-state index contributed by atoms with van der Waals surface area (Å²) in [5, 5.41) is 0. The van der Waals surface area contributed by atoms with E-state index in [9.17, 15) is 4.79 Å². The summed E-state index contributed by atoms with van der Waals surface area (Å²) >= 11 is 0. The standard InChI is InChI=1S/C17H27NO3/c1-5-20-16(19)17(4,18)10-6-7-11-21-15-9-8-13(2)12-14(15)3/h8-9,12H,5-7,10-11,18H2,1-4H3. The SMILES string of the molecule is CCOC(=O)C(C)(N)CCCCOc1ccc(C)cc1C. The van der Waals surface area contributed by atoms with Crippen LogP contribution in [0, 0.1) is 13.8 Å². The van der Waals surface area contributed by atoms with Crippen LogP contribution in [0.2, 0.25) is 0 Å². The maximum absolute atomic E-state index is 11.6.